The molecule has 4 rings (SSSR count). The Bertz CT molecular complexity index is 1120. The van der Waals surface area contributed by atoms with Crippen LogP contribution in [0, 0.1) is 0 Å². The number of rotatable bonds is 7. The van der Waals surface area contributed by atoms with Gasteiger partial charge >= 0.3 is 0 Å². The zero-order valence-corrected chi connectivity index (χ0v) is 18.2. The summed E-state index contributed by atoms with van der Waals surface area (Å²) in [6, 6.07) is 13.5. The van der Waals surface area contributed by atoms with Gasteiger partial charge in [0.25, 0.3) is 10.0 Å². The van der Waals surface area contributed by atoms with Crippen molar-refractivity contribution in [2.75, 3.05) is 16.2 Å². The summed E-state index contributed by atoms with van der Waals surface area (Å²) < 4.78 is 27.3. The third-order valence-electron chi connectivity index (χ3n) is 4.78. The van der Waals surface area contributed by atoms with Gasteiger partial charge in [0.05, 0.1) is 10.9 Å². The van der Waals surface area contributed by atoms with Crippen molar-refractivity contribution in [2.45, 2.75) is 23.9 Å². The molecule has 3 aromatic rings. The fourth-order valence-electron chi connectivity index (χ4n) is 3.22. The minimum atomic E-state index is -3.72. The molecule has 0 bridgehead atoms. The first kappa shape index (κ1) is 20.8. The molecule has 1 unspecified atom stereocenters. The minimum absolute atomic E-state index is 0. The quantitative estimate of drug-likeness (QED) is 0.555. The maximum Gasteiger partial charge on any atom is 0.263 e. The van der Waals surface area contributed by atoms with Gasteiger partial charge in [-0.3, -0.25) is 9.52 Å². The number of carbonyl (C=O) groups is 1. The molecule has 2 N–H and O–H groups in total. The van der Waals surface area contributed by atoms with Crippen LogP contribution in [0.5, 0.6) is 0 Å². The molecule has 1 aromatic heterocycles. The van der Waals surface area contributed by atoms with E-state index >= 15 is 0 Å². The predicted molar refractivity (Wildman–Crippen MR) is 121 cm³/mol. The van der Waals surface area contributed by atoms with Crippen molar-refractivity contribution in [3.05, 3.63) is 70.7 Å². The van der Waals surface area contributed by atoms with Gasteiger partial charge in [0.2, 0.25) is 5.91 Å². The summed E-state index contributed by atoms with van der Waals surface area (Å²) in [7, 11) is -3.72. The van der Waals surface area contributed by atoms with Crippen molar-refractivity contribution >= 4 is 49.7 Å². The Morgan fingerprint density at radius 1 is 1.17 bits per heavy atom. The van der Waals surface area contributed by atoms with Gasteiger partial charge in [-0.05, 0) is 48.4 Å². The Labute approximate surface area is 185 Å². The summed E-state index contributed by atoms with van der Waals surface area (Å²) in [4.78, 5) is 18.5. The summed E-state index contributed by atoms with van der Waals surface area (Å²) in [6.45, 7) is 1.14. The molecular formula is C20H21ClN4O3S2. The van der Waals surface area contributed by atoms with E-state index in [0.29, 0.717) is 35.4 Å². The fraction of sp³-hybridized carbons (Fsp3) is 0.200. The molecular weight excluding hydrogens is 444 g/mol. The maximum atomic E-state index is 12.8. The normalized spacial score (nSPS) is 16.8. The molecule has 0 spiro atoms. The molecule has 0 radical (unpaired) electrons. The third-order valence-corrected chi connectivity index (χ3v) is 7.21. The summed E-state index contributed by atoms with van der Waals surface area (Å²) in [5.41, 5.74) is 1.72. The highest BCUT2D eigenvalue weighted by Gasteiger charge is 2.32. The van der Waals surface area contributed by atoms with Gasteiger partial charge < -0.3 is 10.2 Å². The number of hydrogen-bond donors (Lipinski definition) is 2. The van der Waals surface area contributed by atoms with Gasteiger partial charge in [0, 0.05) is 36.8 Å². The molecule has 1 aliphatic heterocycles. The molecule has 1 atom stereocenters. The van der Waals surface area contributed by atoms with Gasteiger partial charge in [0.15, 0.2) is 5.13 Å². The van der Waals surface area contributed by atoms with Crippen molar-refractivity contribution in [2.24, 2.45) is 0 Å². The van der Waals surface area contributed by atoms with Gasteiger partial charge in [0.1, 0.15) is 0 Å². The molecule has 0 saturated carbocycles. The lowest BCUT2D eigenvalue weighted by Crippen LogP contribution is -2.38. The van der Waals surface area contributed by atoms with Gasteiger partial charge in [-0.1, -0.05) is 23.7 Å². The Hall–Kier alpha value is -2.46. The average molecular weight is 465 g/mol. The highest BCUT2D eigenvalue weighted by atomic mass is 35.5. The van der Waals surface area contributed by atoms with Crippen LogP contribution in [0.1, 0.15) is 13.4 Å². The van der Waals surface area contributed by atoms with Crippen molar-refractivity contribution in [3.63, 3.8) is 0 Å². The number of aromatic nitrogens is 1. The van der Waals surface area contributed by atoms with E-state index in [1.54, 1.807) is 22.4 Å². The second-order valence-electron chi connectivity index (χ2n) is 6.78. The summed E-state index contributed by atoms with van der Waals surface area (Å²) in [5.74, 6) is -0.0273. The van der Waals surface area contributed by atoms with E-state index in [1.807, 2.05) is 24.3 Å². The maximum absolute atomic E-state index is 12.8. The van der Waals surface area contributed by atoms with Crippen LogP contribution in [0.4, 0.5) is 10.8 Å². The van der Waals surface area contributed by atoms with Crippen molar-refractivity contribution in [1.82, 2.24) is 10.3 Å². The molecule has 30 heavy (non-hydrogen) atoms. The molecule has 2 heterocycles. The van der Waals surface area contributed by atoms with Crippen LogP contribution in [0.3, 0.4) is 0 Å². The minimum Gasteiger partial charge on any atom is -0.311 e. The van der Waals surface area contributed by atoms with Gasteiger partial charge in [-0.15, -0.1) is 11.3 Å². The first-order chi connectivity index (χ1) is 14.4. The van der Waals surface area contributed by atoms with E-state index in [9.17, 15) is 13.2 Å². The topological polar surface area (TPSA) is 91.4 Å². The fourth-order valence-corrected chi connectivity index (χ4v) is 5.14. The van der Waals surface area contributed by atoms with Crippen molar-refractivity contribution in [1.29, 1.82) is 0 Å². The van der Waals surface area contributed by atoms with Crippen LogP contribution in [-0.4, -0.2) is 31.9 Å². The van der Waals surface area contributed by atoms with Crippen LogP contribution in [0.15, 0.2) is 65.0 Å². The van der Waals surface area contributed by atoms with Crippen molar-refractivity contribution < 1.29 is 14.6 Å². The number of halogens is 1. The molecule has 7 nitrogen and oxygen atoms in total. The lowest BCUT2D eigenvalue weighted by atomic mass is 10.2. The molecule has 10 heteroatoms. The summed E-state index contributed by atoms with van der Waals surface area (Å²) in [6.07, 6.45) is 2.21. The smallest absolute Gasteiger partial charge is 0.263 e. The number of thiazole rings is 1. The van der Waals surface area contributed by atoms with Crippen LogP contribution in [0.25, 0.3) is 0 Å². The lowest BCUT2D eigenvalue weighted by molar-refractivity contribution is -0.118. The molecule has 1 amide bonds. The number of nitrogens with zero attached hydrogens (tertiary/aromatic N) is 2. The highest BCUT2D eigenvalue weighted by molar-refractivity contribution is 7.93. The predicted octanol–water partition coefficient (Wildman–Crippen LogP) is 3.74. The highest BCUT2D eigenvalue weighted by Crippen LogP contribution is 2.25. The number of carbonyl (C=O) groups excluding carboxylic acids is 1. The SMILES string of the molecule is O=C1C(NCc2ccc(Cl)cc2)CCN1c1ccc(S(=O)(=O)Nc2nccs2)cc1.[HH]. The Morgan fingerprint density at radius 2 is 1.90 bits per heavy atom. The molecule has 1 fully saturated rings. The monoisotopic (exact) mass is 464 g/mol. The third kappa shape index (κ3) is 4.65. The zero-order chi connectivity index (χ0) is 21.1. The first-order valence-corrected chi connectivity index (χ1v) is 12.0. The molecule has 2 aromatic carbocycles. The van der Waals surface area contributed by atoms with Crippen molar-refractivity contribution in [3.8, 4) is 0 Å². The van der Waals surface area contributed by atoms with E-state index in [0.717, 1.165) is 5.56 Å². The van der Waals surface area contributed by atoms with E-state index in [-0.39, 0.29) is 18.3 Å². The summed E-state index contributed by atoms with van der Waals surface area (Å²) >= 11 is 7.10. The number of benzene rings is 2. The average Bonchev–Trinajstić information content (AvgIpc) is 3.37. The number of sulfonamides is 1. The Kier molecular flexibility index (Phi) is 6.05. The van der Waals surface area contributed by atoms with E-state index in [4.69, 9.17) is 11.6 Å². The molecule has 1 aliphatic rings. The largest absolute Gasteiger partial charge is 0.311 e. The number of hydrogen-bond acceptors (Lipinski definition) is 6. The molecule has 158 valence electrons. The van der Waals surface area contributed by atoms with E-state index in [2.05, 4.69) is 15.0 Å². The van der Waals surface area contributed by atoms with Gasteiger partial charge in [-0.2, -0.15) is 0 Å². The zero-order valence-electron chi connectivity index (χ0n) is 15.8. The Balaban J connectivity index is 0.00000272. The molecule has 0 aliphatic carbocycles. The number of amides is 1. The number of anilines is 2. The van der Waals surface area contributed by atoms with Crippen LogP contribution < -0.4 is 14.9 Å². The van der Waals surface area contributed by atoms with Crippen LogP contribution in [-0.2, 0) is 21.4 Å². The van der Waals surface area contributed by atoms with E-state index in [1.165, 1.54) is 29.7 Å². The van der Waals surface area contributed by atoms with E-state index < -0.39 is 10.0 Å². The molecule has 1 saturated heterocycles. The van der Waals surface area contributed by atoms with Crippen LogP contribution >= 0.6 is 22.9 Å². The second kappa shape index (κ2) is 8.73. The van der Waals surface area contributed by atoms with Gasteiger partial charge in [-0.25, -0.2) is 13.4 Å². The first-order valence-electron chi connectivity index (χ1n) is 9.24. The van der Waals surface area contributed by atoms with Crippen LogP contribution in [0.2, 0.25) is 5.02 Å². The second-order valence-corrected chi connectivity index (χ2v) is 9.79. The summed E-state index contributed by atoms with van der Waals surface area (Å²) in [5, 5.41) is 5.96. The standard InChI is InChI=1S/C20H19ClN4O3S2.H2/c21-15-3-1-14(2-4-15)13-23-18-9-11-25(19(18)26)16-5-7-17(8-6-16)30(27,28)24-20-22-10-12-29-20;/h1-8,10,12,18,23H,9,11,13H2,(H,22,24);1H. The number of nitrogens with one attached hydrogen (secondary N) is 2. The lowest BCUT2D eigenvalue weighted by Gasteiger charge is -2.18. The Morgan fingerprint density at radius 3 is 2.57 bits per heavy atom.